The highest BCUT2D eigenvalue weighted by Crippen LogP contribution is 2.34. The van der Waals surface area contributed by atoms with E-state index < -0.39 is 0 Å². The lowest BCUT2D eigenvalue weighted by Crippen LogP contribution is -2.21. The summed E-state index contributed by atoms with van der Waals surface area (Å²) >= 11 is 6.75. The van der Waals surface area contributed by atoms with E-state index in [0.29, 0.717) is 11.3 Å². The normalized spacial score (nSPS) is 13.2. The highest BCUT2D eigenvalue weighted by atomic mass is 32.2. The van der Waals surface area contributed by atoms with Gasteiger partial charge in [-0.3, -0.25) is 14.6 Å². The minimum atomic E-state index is 0.0379. The molecule has 1 aliphatic heterocycles. The van der Waals surface area contributed by atoms with Crippen LogP contribution >= 0.6 is 47.0 Å². The predicted octanol–water partition coefficient (Wildman–Crippen LogP) is 10.7. The van der Waals surface area contributed by atoms with Crippen molar-refractivity contribution in [3.63, 3.8) is 0 Å². The Labute approximate surface area is 336 Å². The van der Waals surface area contributed by atoms with Crippen LogP contribution < -0.4 is 0 Å². The number of aromatic amines is 3. The first-order valence-electron chi connectivity index (χ1n) is 17.1. The number of amides is 1. The number of hydrogen-bond acceptors (Lipinski definition) is 7. The maximum absolute atomic E-state index is 11.9. The topological polar surface area (TPSA) is 97.1 Å². The molecule has 11 heteroatoms. The number of carbonyl (C=O) groups is 2. The molecule has 3 aromatic heterocycles. The summed E-state index contributed by atoms with van der Waals surface area (Å²) in [7, 11) is 3.49. The van der Waals surface area contributed by atoms with Gasteiger partial charge in [0.2, 0.25) is 5.78 Å². The third-order valence-electron chi connectivity index (χ3n) is 8.03. The van der Waals surface area contributed by atoms with E-state index in [0.717, 1.165) is 15.6 Å². The summed E-state index contributed by atoms with van der Waals surface area (Å²) in [6, 6.07) is 41.4. The Morgan fingerprint density at radius 1 is 0.630 bits per heavy atom. The lowest BCUT2D eigenvalue weighted by molar-refractivity contribution is 0.0827. The van der Waals surface area contributed by atoms with Gasteiger partial charge in [-0.1, -0.05) is 84.9 Å². The van der Waals surface area contributed by atoms with E-state index in [-0.39, 0.29) is 23.7 Å². The van der Waals surface area contributed by atoms with Gasteiger partial charge in [-0.2, -0.15) is 0 Å². The van der Waals surface area contributed by atoms with Gasteiger partial charge < -0.3 is 19.9 Å². The first kappa shape index (κ1) is 42.2. The average molecular weight is 794 g/mol. The van der Waals surface area contributed by atoms with Gasteiger partial charge in [0.15, 0.2) is 0 Å². The number of hydrogen-bond donors (Lipinski definition) is 3. The van der Waals surface area contributed by atoms with Crippen molar-refractivity contribution >= 4 is 63.8 Å². The molecule has 3 N–H and O–H groups in total. The fraction of sp³-hybridized carbons (Fsp3) is 0.186. The molecular weight excluding hydrogens is 747 g/mol. The van der Waals surface area contributed by atoms with Crippen molar-refractivity contribution in [2.24, 2.45) is 4.99 Å². The molecule has 0 radical (unpaired) electrons. The van der Waals surface area contributed by atoms with Crippen molar-refractivity contribution in [3.8, 4) is 0 Å². The van der Waals surface area contributed by atoms with Gasteiger partial charge in [0.05, 0.1) is 37.8 Å². The summed E-state index contributed by atoms with van der Waals surface area (Å²) in [6.45, 7) is 0. The van der Waals surface area contributed by atoms with Crippen molar-refractivity contribution in [1.29, 1.82) is 0 Å². The second-order valence-corrected chi connectivity index (χ2v) is 15.2. The lowest BCUT2D eigenvalue weighted by atomic mass is 9.89. The van der Waals surface area contributed by atoms with Gasteiger partial charge in [0.25, 0.3) is 5.91 Å². The quantitative estimate of drug-likeness (QED) is 0.0996. The molecule has 6 aromatic rings. The number of H-pyrrole nitrogens is 3. The van der Waals surface area contributed by atoms with Crippen LogP contribution in [0.5, 0.6) is 0 Å². The molecule has 0 fully saturated rings. The fourth-order valence-corrected chi connectivity index (χ4v) is 6.97. The van der Waals surface area contributed by atoms with Crippen LogP contribution in [-0.2, 0) is 0 Å². The summed E-state index contributed by atoms with van der Waals surface area (Å²) in [5.41, 5.74) is 4.62. The van der Waals surface area contributed by atoms with Gasteiger partial charge in [-0.25, -0.2) is 0 Å². The second-order valence-electron chi connectivity index (χ2n) is 11.8. The van der Waals surface area contributed by atoms with Crippen molar-refractivity contribution < 1.29 is 9.59 Å². The van der Waals surface area contributed by atoms with Gasteiger partial charge in [-0.05, 0) is 85.2 Å². The molecule has 1 amide bonds. The van der Waals surface area contributed by atoms with Crippen LogP contribution in [0.1, 0.15) is 43.6 Å². The minimum Gasteiger partial charge on any atom is -0.357 e. The number of nitrogens with one attached hydrogen (secondary N) is 3. The van der Waals surface area contributed by atoms with Crippen LogP contribution in [0.4, 0.5) is 0 Å². The highest BCUT2D eigenvalue weighted by molar-refractivity contribution is 8.13. The van der Waals surface area contributed by atoms with Crippen LogP contribution in [0.3, 0.4) is 0 Å². The largest absolute Gasteiger partial charge is 0.357 e. The molecule has 1 aliphatic rings. The fourth-order valence-electron chi connectivity index (χ4n) is 5.28. The maximum atomic E-state index is 11.9. The number of carbonyl (C=O) groups excluding carboxylic acids is 2. The molecule has 0 saturated carbocycles. The van der Waals surface area contributed by atoms with Crippen LogP contribution in [0, 0.1) is 0 Å². The zero-order valence-corrected chi connectivity index (χ0v) is 34.6. The first-order valence-corrected chi connectivity index (χ1v) is 22.0. The zero-order chi connectivity index (χ0) is 38.7. The predicted molar refractivity (Wildman–Crippen MR) is 234 cm³/mol. The number of rotatable bonds is 9. The minimum absolute atomic E-state index is 0.0379. The molecule has 4 heterocycles. The standard InChI is InChI=1S/C17H18N2S2.C12H11NOS.C9H11NO.C5H7NS/c1-20-15-10-8-13(18-15)17(12-6-4-3-5-7-12)14-9-11-16(19-14)21-2;1-15-11-8-7-10(13-11)12(14)9-5-3-2-4-6-9;1-10(2)9(11)8-6-4-3-5-7-8;1-7-5-3-2-4-6-5/h3-11,13,17,19H,1-2H3;2-8,13H,1H3;3-7H,1-2H3;2-4,6H,1H3. The monoisotopic (exact) mass is 793 g/mol. The Morgan fingerprint density at radius 2 is 1.20 bits per heavy atom. The van der Waals surface area contributed by atoms with Crippen LogP contribution in [-0.4, -0.2) is 81.7 Å². The summed E-state index contributed by atoms with van der Waals surface area (Å²) in [5.74, 6) is 0.328. The Bertz CT molecular complexity index is 2040. The smallest absolute Gasteiger partial charge is 0.253 e. The third-order valence-corrected chi connectivity index (χ3v) is 10.7. The van der Waals surface area contributed by atoms with Crippen molar-refractivity contribution in [3.05, 3.63) is 174 Å². The number of benzene rings is 3. The first-order chi connectivity index (χ1) is 26.3. The molecule has 3 aromatic carbocycles. The molecule has 280 valence electrons. The van der Waals surface area contributed by atoms with Gasteiger partial charge in [0.1, 0.15) is 0 Å². The van der Waals surface area contributed by atoms with E-state index in [4.69, 9.17) is 4.99 Å². The Morgan fingerprint density at radius 3 is 1.69 bits per heavy atom. The van der Waals surface area contributed by atoms with Gasteiger partial charge >= 0.3 is 0 Å². The number of thioether (sulfide) groups is 4. The Hall–Kier alpha value is -4.55. The SMILES string of the molecule is CN(C)C(=O)c1ccccc1.CSC1=NC(C(c2ccccc2)c2ccc(SC)[nH]2)C=C1.CSc1ccc(C(=O)c2ccccc2)[nH]1.CSc1ccc[nH]1. The van der Waals surface area contributed by atoms with Gasteiger partial charge in [-0.15, -0.1) is 47.0 Å². The number of aliphatic imine (C=N–C) groups is 1. The van der Waals surface area contributed by atoms with Crippen molar-refractivity contribution in [2.45, 2.75) is 27.0 Å². The van der Waals surface area contributed by atoms with Crippen molar-refractivity contribution in [1.82, 2.24) is 19.9 Å². The molecule has 0 spiro atoms. The van der Waals surface area contributed by atoms with Crippen molar-refractivity contribution in [2.75, 3.05) is 39.1 Å². The van der Waals surface area contributed by atoms with E-state index >= 15 is 0 Å². The van der Waals surface area contributed by atoms with E-state index in [1.54, 1.807) is 66.0 Å². The summed E-state index contributed by atoms with van der Waals surface area (Å²) < 4.78 is 0. The lowest BCUT2D eigenvalue weighted by Gasteiger charge is -2.20. The van der Waals surface area contributed by atoms with E-state index in [2.05, 4.69) is 82.1 Å². The Balaban J connectivity index is 0.000000172. The third kappa shape index (κ3) is 12.8. The summed E-state index contributed by atoms with van der Waals surface area (Å²) in [5, 5.41) is 4.54. The molecule has 2 atom stereocenters. The number of aromatic nitrogens is 3. The van der Waals surface area contributed by atoms with Crippen LogP contribution in [0.15, 0.2) is 166 Å². The molecule has 0 bridgehead atoms. The van der Waals surface area contributed by atoms with Crippen LogP contribution in [0.2, 0.25) is 0 Å². The summed E-state index contributed by atoms with van der Waals surface area (Å²) in [4.78, 5) is 39.3. The summed E-state index contributed by atoms with van der Waals surface area (Å²) in [6.07, 6.45) is 14.4. The molecule has 2 unspecified atom stereocenters. The van der Waals surface area contributed by atoms with Gasteiger partial charge in [0, 0.05) is 37.1 Å². The van der Waals surface area contributed by atoms with E-state index in [1.807, 2.05) is 104 Å². The molecule has 0 aliphatic carbocycles. The molecule has 7 rings (SSSR count). The molecular formula is C43H47N5O2S4. The van der Waals surface area contributed by atoms with E-state index in [1.165, 1.54) is 21.3 Å². The zero-order valence-electron chi connectivity index (χ0n) is 31.4. The average Bonchev–Trinajstić information content (AvgIpc) is 4.08. The highest BCUT2D eigenvalue weighted by Gasteiger charge is 2.26. The number of ketones is 1. The van der Waals surface area contributed by atoms with E-state index in [9.17, 15) is 9.59 Å². The molecule has 0 saturated heterocycles. The molecule has 7 nitrogen and oxygen atoms in total. The Kier molecular flexibility index (Phi) is 17.7. The second kappa shape index (κ2) is 22.6. The maximum Gasteiger partial charge on any atom is 0.253 e. The van der Waals surface area contributed by atoms with Crippen LogP contribution in [0.25, 0.3) is 0 Å². The molecule has 54 heavy (non-hydrogen) atoms. The number of nitrogens with zero attached hydrogens (tertiary/aromatic N) is 2.